The van der Waals surface area contributed by atoms with Gasteiger partial charge in [-0.2, -0.15) is 0 Å². The maximum atomic E-state index is 13.7. The minimum Gasteiger partial charge on any atom is -0.461 e. The minimum absolute atomic E-state index is 0.0120. The smallest absolute Gasteiger partial charge is 0.303 e. The van der Waals surface area contributed by atoms with Gasteiger partial charge in [0.05, 0.1) is 17.6 Å². The van der Waals surface area contributed by atoms with E-state index in [9.17, 15) is 29.7 Å². The van der Waals surface area contributed by atoms with Gasteiger partial charge in [-0.05, 0) is 54.9 Å². The Hall–Kier alpha value is -2.03. The molecule has 3 rings (SSSR count). The van der Waals surface area contributed by atoms with Crippen LogP contribution in [-0.4, -0.2) is 63.6 Å². The Morgan fingerprint density at radius 1 is 1.00 bits per heavy atom. The van der Waals surface area contributed by atoms with E-state index in [4.69, 9.17) is 9.47 Å². The SMILES string of the molecule is CC(=O)O[C@H]1/C=C2\C[C@](C)(C(=O)[C@H](O)C3=C(C)[C@@H](O)C[C@@H]1C3(C)C)[C@@H](OC(C)=O)C[C@@H]2O. The summed E-state index contributed by atoms with van der Waals surface area (Å²) in [7, 11) is 0. The van der Waals surface area contributed by atoms with Gasteiger partial charge in [0.25, 0.3) is 0 Å². The highest BCUT2D eigenvalue weighted by molar-refractivity contribution is 5.93. The maximum absolute atomic E-state index is 13.7. The Balaban J connectivity index is 2.27. The van der Waals surface area contributed by atoms with Crippen molar-refractivity contribution in [2.24, 2.45) is 16.7 Å². The molecule has 0 unspecified atom stereocenters. The fourth-order valence-corrected chi connectivity index (χ4v) is 5.85. The lowest BCUT2D eigenvalue weighted by Gasteiger charge is -2.50. The molecule has 0 radical (unpaired) electrons. The number of carbonyl (C=O) groups is 3. The predicted molar refractivity (Wildman–Crippen MR) is 114 cm³/mol. The van der Waals surface area contributed by atoms with Gasteiger partial charge in [-0.25, -0.2) is 0 Å². The number of fused-ring (bicyclic) bond motifs is 4. The van der Waals surface area contributed by atoms with Crippen LogP contribution in [0.15, 0.2) is 22.8 Å². The van der Waals surface area contributed by atoms with E-state index < -0.39 is 65.0 Å². The molecule has 1 fully saturated rings. The summed E-state index contributed by atoms with van der Waals surface area (Å²) in [5.41, 5.74) is -0.714. The van der Waals surface area contributed by atoms with Gasteiger partial charge in [0.1, 0.15) is 18.3 Å². The molecule has 3 N–H and O–H groups in total. The Morgan fingerprint density at radius 2 is 1.59 bits per heavy atom. The van der Waals surface area contributed by atoms with Gasteiger partial charge in [0.2, 0.25) is 0 Å². The third kappa shape index (κ3) is 4.04. The van der Waals surface area contributed by atoms with E-state index in [-0.39, 0.29) is 19.3 Å². The van der Waals surface area contributed by atoms with E-state index in [0.717, 1.165) is 0 Å². The summed E-state index contributed by atoms with van der Waals surface area (Å²) in [6.45, 7) is 9.55. The first-order valence-electron chi connectivity index (χ1n) is 11.0. The lowest BCUT2D eigenvalue weighted by molar-refractivity contribution is -0.166. The molecule has 0 aromatic carbocycles. The molecule has 8 heteroatoms. The van der Waals surface area contributed by atoms with Crippen LogP contribution in [0.2, 0.25) is 0 Å². The molecular formula is C24H34O8. The van der Waals surface area contributed by atoms with Crippen molar-refractivity contribution in [1.29, 1.82) is 0 Å². The standard InChI is InChI=1S/C24H34O8/c1-11-16(27)8-15-18(31-12(2)25)7-14-10-24(6,19(9-17(14)28)32-13(3)26)22(30)21(29)20(11)23(15,4)5/h7,15-19,21,27-29H,8-10H2,1-6H3/b14-7+/t15-,16-,17-,18-,19-,21+,24-/m0/s1. The lowest BCUT2D eigenvalue weighted by Crippen LogP contribution is -2.56. The fourth-order valence-electron chi connectivity index (χ4n) is 5.85. The number of ether oxygens (including phenoxy) is 2. The molecule has 0 aromatic rings. The molecule has 3 aliphatic rings. The molecule has 178 valence electrons. The molecule has 32 heavy (non-hydrogen) atoms. The summed E-state index contributed by atoms with van der Waals surface area (Å²) < 4.78 is 11.1. The van der Waals surface area contributed by atoms with E-state index in [1.54, 1.807) is 19.9 Å². The van der Waals surface area contributed by atoms with Crippen molar-refractivity contribution in [3.8, 4) is 0 Å². The molecule has 1 saturated carbocycles. The van der Waals surface area contributed by atoms with Crippen LogP contribution < -0.4 is 0 Å². The molecule has 0 aliphatic heterocycles. The van der Waals surface area contributed by atoms with Gasteiger partial charge < -0.3 is 24.8 Å². The van der Waals surface area contributed by atoms with Crippen molar-refractivity contribution in [3.63, 3.8) is 0 Å². The molecule has 7 atom stereocenters. The minimum atomic E-state index is -1.54. The van der Waals surface area contributed by atoms with Crippen LogP contribution >= 0.6 is 0 Å². The zero-order valence-corrected chi connectivity index (χ0v) is 19.5. The third-order valence-electron chi connectivity index (χ3n) is 7.64. The van der Waals surface area contributed by atoms with E-state index in [0.29, 0.717) is 16.7 Å². The zero-order valence-electron chi connectivity index (χ0n) is 19.5. The number of aliphatic hydroxyl groups excluding tert-OH is 3. The topological polar surface area (TPSA) is 130 Å². The molecule has 0 spiro atoms. The molecule has 0 heterocycles. The summed E-state index contributed by atoms with van der Waals surface area (Å²) in [6, 6.07) is 0. The average Bonchev–Trinajstić information content (AvgIpc) is 2.65. The molecule has 0 aromatic heterocycles. The first-order chi connectivity index (χ1) is 14.7. The van der Waals surface area contributed by atoms with Crippen LogP contribution in [0.4, 0.5) is 0 Å². The summed E-state index contributed by atoms with van der Waals surface area (Å²) in [5.74, 6) is -2.05. The van der Waals surface area contributed by atoms with Crippen molar-refractivity contribution < 1.29 is 39.2 Å². The number of hydrogen-bond donors (Lipinski definition) is 3. The van der Waals surface area contributed by atoms with E-state index >= 15 is 0 Å². The van der Waals surface area contributed by atoms with Crippen molar-refractivity contribution in [2.75, 3.05) is 0 Å². The van der Waals surface area contributed by atoms with Crippen molar-refractivity contribution in [3.05, 3.63) is 22.8 Å². The normalized spacial score (nSPS) is 40.8. The van der Waals surface area contributed by atoms with Gasteiger partial charge >= 0.3 is 11.9 Å². The van der Waals surface area contributed by atoms with Gasteiger partial charge in [0, 0.05) is 26.2 Å². The summed E-state index contributed by atoms with van der Waals surface area (Å²) >= 11 is 0. The number of Topliss-reactive ketones (excluding diaryl/α,β-unsaturated/α-hetero) is 1. The number of ketones is 1. The van der Waals surface area contributed by atoms with Gasteiger partial charge in [-0.15, -0.1) is 0 Å². The van der Waals surface area contributed by atoms with Crippen molar-refractivity contribution >= 4 is 17.7 Å². The van der Waals surface area contributed by atoms with Crippen LogP contribution in [0, 0.1) is 16.7 Å². The molecule has 0 amide bonds. The van der Waals surface area contributed by atoms with Crippen molar-refractivity contribution in [1.82, 2.24) is 0 Å². The quantitative estimate of drug-likeness (QED) is 0.427. The number of rotatable bonds is 2. The van der Waals surface area contributed by atoms with Gasteiger partial charge in [0.15, 0.2) is 5.78 Å². The second-order valence-corrected chi connectivity index (χ2v) is 10.2. The first-order valence-corrected chi connectivity index (χ1v) is 11.0. The third-order valence-corrected chi connectivity index (χ3v) is 7.64. The maximum Gasteiger partial charge on any atom is 0.303 e. The second kappa shape index (κ2) is 8.39. The number of aliphatic hydroxyl groups is 3. The van der Waals surface area contributed by atoms with E-state index in [1.807, 2.05) is 13.8 Å². The molecule has 3 aliphatic carbocycles. The summed E-state index contributed by atoms with van der Waals surface area (Å²) in [4.78, 5) is 37.4. The number of esters is 2. The van der Waals surface area contributed by atoms with Crippen LogP contribution in [0.3, 0.4) is 0 Å². The number of carbonyl (C=O) groups excluding carboxylic acids is 3. The zero-order chi connectivity index (χ0) is 24.2. The molecule has 8 nitrogen and oxygen atoms in total. The lowest BCUT2D eigenvalue weighted by atomic mass is 9.57. The van der Waals surface area contributed by atoms with Crippen molar-refractivity contribution in [2.45, 2.75) is 91.3 Å². The van der Waals surface area contributed by atoms with Gasteiger partial charge in [-0.3, -0.25) is 14.4 Å². The Labute approximate surface area is 188 Å². The Bertz CT molecular complexity index is 884. The summed E-state index contributed by atoms with van der Waals surface area (Å²) in [5, 5.41) is 32.9. The van der Waals surface area contributed by atoms with Gasteiger partial charge in [-0.1, -0.05) is 13.8 Å². The fraction of sp³-hybridized carbons (Fsp3) is 0.708. The van der Waals surface area contributed by atoms with Crippen LogP contribution in [0.25, 0.3) is 0 Å². The highest BCUT2D eigenvalue weighted by atomic mass is 16.5. The van der Waals surface area contributed by atoms with Crippen LogP contribution in [-0.2, 0) is 23.9 Å². The van der Waals surface area contributed by atoms with E-state index in [1.165, 1.54) is 13.8 Å². The molecule has 0 saturated heterocycles. The average molecular weight is 451 g/mol. The Morgan fingerprint density at radius 3 is 2.16 bits per heavy atom. The highest BCUT2D eigenvalue weighted by Crippen LogP contribution is 2.52. The first kappa shape index (κ1) is 24.6. The largest absolute Gasteiger partial charge is 0.461 e. The summed E-state index contributed by atoms with van der Waals surface area (Å²) in [6.07, 6.45) is -3.21. The predicted octanol–water partition coefficient (Wildman–Crippen LogP) is 1.60. The van der Waals surface area contributed by atoms with E-state index in [2.05, 4.69) is 0 Å². The van der Waals surface area contributed by atoms with Crippen LogP contribution in [0.1, 0.15) is 60.8 Å². The molecular weight excluding hydrogens is 416 g/mol. The monoisotopic (exact) mass is 450 g/mol. The highest BCUT2D eigenvalue weighted by Gasteiger charge is 2.56. The second-order valence-electron chi connectivity index (χ2n) is 10.2. The number of hydrogen-bond acceptors (Lipinski definition) is 8. The van der Waals surface area contributed by atoms with Crippen LogP contribution in [0.5, 0.6) is 0 Å². The Kier molecular flexibility index (Phi) is 6.45. The molecule has 4 bridgehead atoms.